The highest BCUT2D eigenvalue weighted by Crippen LogP contribution is 2.28. The molecule has 3 aromatic rings. The smallest absolute Gasteiger partial charge is 0.270 e. The second-order valence-corrected chi connectivity index (χ2v) is 6.37. The van der Waals surface area contributed by atoms with Gasteiger partial charge in [0.05, 0.1) is 15.6 Å². The molecule has 0 aliphatic rings. The molecule has 0 spiro atoms. The fourth-order valence-corrected chi connectivity index (χ4v) is 3.12. The van der Waals surface area contributed by atoms with Gasteiger partial charge in [0.25, 0.3) is 5.91 Å². The molecule has 4 nitrogen and oxygen atoms in total. The number of para-hydroxylation sites is 1. The lowest BCUT2D eigenvalue weighted by atomic mass is 10.2. The van der Waals surface area contributed by atoms with E-state index in [9.17, 15) is 4.79 Å². The van der Waals surface area contributed by atoms with E-state index in [0.29, 0.717) is 22.9 Å². The van der Waals surface area contributed by atoms with Gasteiger partial charge in [-0.25, -0.2) is 4.68 Å². The van der Waals surface area contributed by atoms with Gasteiger partial charge in [0.2, 0.25) is 0 Å². The van der Waals surface area contributed by atoms with Gasteiger partial charge in [0.15, 0.2) is 0 Å². The zero-order valence-corrected chi connectivity index (χ0v) is 14.2. The van der Waals surface area contributed by atoms with Crippen LogP contribution in [0.2, 0.25) is 5.02 Å². The van der Waals surface area contributed by atoms with E-state index in [-0.39, 0.29) is 5.91 Å². The minimum atomic E-state index is -0.151. The summed E-state index contributed by atoms with van der Waals surface area (Å²) in [6, 6.07) is 13.1. The van der Waals surface area contributed by atoms with Crippen molar-refractivity contribution in [3.05, 3.63) is 58.6 Å². The lowest BCUT2D eigenvalue weighted by molar-refractivity contribution is 0.0946. The molecule has 3 rings (SSSR count). The molecule has 23 heavy (non-hydrogen) atoms. The number of nitrogens with zero attached hydrogens (tertiary/aromatic N) is 2. The first kappa shape index (κ1) is 15.8. The average Bonchev–Trinajstić information content (AvgIpc) is 3.22. The van der Waals surface area contributed by atoms with Crippen molar-refractivity contribution in [2.24, 2.45) is 0 Å². The third kappa shape index (κ3) is 3.30. The van der Waals surface area contributed by atoms with Crippen LogP contribution >= 0.6 is 22.9 Å². The maximum absolute atomic E-state index is 12.5. The van der Waals surface area contributed by atoms with Gasteiger partial charge < -0.3 is 5.32 Å². The van der Waals surface area contributed by atoms with Gasteiger partial charge in [0, 0.05) is 6.54 Å². The molecule has 0 aliphatic heterocycles. The van der Waals surface area contributed by atoms with Crippen LogP contribution in [0.4, 0.5) is 0 Å². The Labute approximate surface area is 143 Å². The standard InChI is InChI=1S/C17H16ClN3OS/c1-2-9-19-17(22)15-11-13(16-8-5-10-23-16)20-21(15)14-7-4-3-6-12(14)18/h3-8,10-11H,2,9H2,1H3,(H,19,22). The van der Waals surface area contributed by atoms with Crippen LogP contribution in [0.15, 0.2) is 47.8 Å². The van der Waals surface area contributed by atoms with E-state index in [1.807, 2.05) is 42.6 Å². The molecule has 0 fully saturated rings. The third-order valence-electron chi connectivity index (χ3n) is 3.33. The summed E-state index contributed by atoms with van der Waals surface area (Å²) in [6.45, 7) is 2.64. The summed E-state index contributed by atoms with van der Waals surface area (Å²) in [6.07, 6.45) is 0.879. The van der Waals surface area contributed by atoms with Crippen LogP contribution in [0.5, 0.6) is 0 Å². The fourth-order valence-electron chi connectivity index (χ4n) is 2.22. The number of amides is 1. The van der Waals surface area contributed by atoms with Gasteiger partial charge in [-0.1, -0.05) is 36.7 Å². The quantitative estimate of drug-likeness (QED) is 0.745. The molecule has 2 heterocycles. The van der Waals surface area contributed by atoms with Crippen LogP contribution in [0.3, 0.4) is 0 Å². The van der Waals surface area contributed by atoms with E-state index in [4.69, 9.17) is 11.6 Å². The number of benzene rings is 1. The van der Waals surface area contributed by atoms with Gasteiger partial charge >= 0.3 is 0 Å². The molecule has 1 aromatic carbocycles. The number of carbonyl (C=O) groups excluding carboxylic acids is 1. The Kier molecular flexibility index (Phi) is 4.79. The van der Waals surface area contributed by atoms with Crippen molar-refractivity contribution in [2.45, 2.75) is 13.3 Å². The molecule has 0 atom stereocenters. The highest BCUT2D eigenvalue weighted by atomic mass is 35.5. The molecule has 0 saturated carbocycles. The van der Waals surface area contributed by atoms with E-state index in [1.54, 1.807) is 28.2 Å². The highest BCUT2D eigenvalue weighted by molar-refractivity contribution is 7.13. The van der Waals surface area contributed by atoms with Crippen LogP contribution in [0.25, 0.3) is 16.3 Å². The average molecular weight is 346 g/mol. The summed E-state index contributed by atoms with van der Waals surface area (Å²) < 4.78 is 1.61. The largest absolute Gasteiger partial charge is 0.351 e. The van der Waals surface area contributed by atoms with Gasteiger partial charge in [-0.05, 0) is 36.1 Å². The first-order valence-corrected chi connectivity index (χ1v) is 8.63. The molecular weight excluding hydrogens is 330 g/mol. The van der Waals surface area contributed by atoms with E-state index >= 15 is 0 Å². The lowest BCUT2D eigenvalue weighted by Gasteiger charge is -2.09. The zero-order valence-electron chi connectivity index (χ0n) is 12.6. The van der Waals surface area contributed by atoms with E-state index < -0.39 is 0 Å². The Morgan fingerprint density at radius 1 is 1.30 bits per heavy atom. The minimum absolute atomic E-state index is 0.151. The van der Waals surface area contributed by atoms with Gasteiger partial charge in [0.1, 0.15) is 11.4 Å². The summed E-state index contributed by atoms with van der Waals surface area (Å²) in [7, 11) is 0. The number of nitrogens with one attached hydrogen (secondary N) is 1. The maximum Gasteiger partial charge on any atom is 0.270 e. The van der Waals surface area contributed by atoms with E-state index in [0.717, 1.165) is 17.0 Å². The van der Waals surface area contributed by atoms with E-state index in [2.05, 4.69) is 10.4 Å². The van der Waals surface area contributed by atoms with Crippen molar-refractivity contribution in [1.82, 2.24) is 15.1 Å². The van der Waals surface area contributed by atoms with Crippen LogP contribution in [-0.4, -0.2) is 22.2 Å². The van der Waals surface area contributed by atoms with Crippen molar-refractivity contribution < 1.29 is 4.79 Å². The Bertz CT molecular complexity index is 811. The Hall–Kier alpha value is -2.11. The van der Waals surface area contributed by atoms with Crippen molar-refractivity contribution in [1.29, 1.82) is 0 Å². The van der Waals surface area contributed by atoms with Gasteiger partial charge in [-0.3, -0.25) is 4.79 Å². The normalized spacial score (nSPS) is 10.7. The molecule has 0 saturated heterocycles. The Morgan fingerprint density at radius 3 is 2.83 bits per heavy atom. The highest BCUT2D eigenvalue weighted by Gasteiger charge is 2.18. The first-order valence-electron chi connectivity index (χ1n) is 7.37. The second-order valence-electron chi connectivity index (χ2n) is 5.01. The number of carbonyl (C=O) groups is 1. The fraction of sp³-hybridized carbons (Fsp3) is 0.176. The Morgan fingerprint density at radius 2 is 2.13 bits per heavy atom. The lowest BCUT2D eigenvalue weighted by Crippen LogP contribution is -2.26. The SMILES string of the molecule is CCCNC(=O)c1cc(-c2cccs2)nn1-c1ccccc1Cl. The summed E-state index contributed by atoms with van der Waals surface area (Å²) >= 11 is 7.87. The number of aromatic nitrogens is 2. The summed E-state index contributed by atoms with van der Waals surface area (Å²) in [5.41, 5.74) is 1.94. The number of rotatable bonds is 5. The molecular formula is C17H16ClN3OS. The van der Waals surface area contributed by atoms with Crippen LogP contribution in [0, 0.1) is 0 Å². The zero-order chi connectivity index (χ0) is 16.2. The van der Waals surface area contributed by atoms with Crippen LogP contribution < -0.4 is 5.32 Å². The molecule has 2 aromatic heterocycles. The van der Waals surface area contributed by atoms with Crippen molar-refractivity contribution in [3.8, 4) is 16.3 Å². The molecule has 0 radical (unpaired) electrons. The molecule has 0 bridgehead atoms. The predicted octanol–water partition coefficient (Wildman–Crippen LogP) is 4.39. The van der Waals surface area contributed by atoms with Crippen molar-refractivity contribution >= 4 is 28.8 Å². The predicted molar refractivity (Wildman–Crippen MR) is 94.5 cm³/mol. The monoisotopic (exact) mass is 345 g/mol. The molecule has 0 unspecified atom stereocenters. The third-order valence-corrected chi connectivity index (χ3v) is 4.54. The Balaban J connectivity index is 2.09. The van der Waals surface area contributed by atoms with Crippen molar-refractivity contribution in [3.63, 3.8) is 0 Å². The summed E-state index contributed by atoms with van der Waals surface area (Å²) in [4.78, 5) is 13.5. The molecule has 0 aliphatic carbocycles. The summed E-state index contributed by atoms with van der Waals surface area (Å²) in [5, 5.41) is 10.0. The molecule has 118 valence electrons. The number of thiophene rings is 1. The number of hydrogen-bond acceptors (Lipinski definition) is 3. The first-order chi connectivity index (χ1) is 11.2. The topological polar surface area (TPSA) is 46.9 Å². The van der Waals surface area contributed by atoms with E-state index in [1.165, 1.54) is 0 Å². The second kappa shape index (κ2) is 6.98. The van der Waals surface area contributed by atoms with Crippen LogP contribution in [0.1, 0.15) is 23.8 Å². The molecule has 6 heteroatoms. The van der Waals surface area contributed by atoms with Gasteiger partial charge in [-0.2, -0.15) is 5.10 Å². The van der Waals surface area contributed by atoms with Gasteiger partial charge in [-0.15, -0.1) is 11.3 Å². The minimum Gasteiger partial charge on any atom is -0.351 e. The van der Waals surface area contributed by atoms with Crippen molar-refractivity contribution in [2.75, 3.05) is 6.54 Å². The molecule has 1 amide bonds. The molecule has 1 N–H and O–H groups in total. The summed E-state index contributed by atoms with van der Waals surface area (Å²) in [5.74, 6) is -0.151. The maximum atomic E-state index is 12.5. The number of halogens is 1. The van der Waals surface area contributed by atoms with Crippen LogP contribution in [-0.2, 0) is 0 Å². The number of hydrogen-bond donors (Lipinski definition) is 1.